The van der Waals surface area contributed by atoms with Gasteiger partial charge >= 0.3 is 0 Å². The van der Waals surface area contributed by atoms with E-state index in [0.717, 1.165) is 22.9 Å². The number of nitrogens with one attached hydrogen (secondary N) is 2. The summed E-state index contributed by atoms with van der Waals surface area (Å²) in [6, 6.07) is 15.2. The highest BCUT2D eigenvalue weighted by molar-refractivity contribution is 8.00. The predicted octanol–water partition coefficient (Wildman–Crippen LogP) is 4.91. The van der Waals surface area contributed by atoms with Gasteiger partial charge in [0.15, 0.2) is 5.16 Å². The first-order valence-corrected chi connectivity index (χ1v) is 10.6. The van der Waals surface area contributed by atoms with Crippen molar-refractivity contribution in [2.45, 2.75) is 17.3 Å². The molecule has 2 aromatic heterocycles. The predicted molar refractivity (Wildman–Crippen MR) is 116 cm³/mol. The third kappa shape index (κ3) is 4.23. The molecule has 29 heavy (non-hydrogen) atoms. The number of anilines is 1. The average Bonchev–Trinajstić information content (AvgIpc) is 3.15. The van der Waals surface area contributed by atoms with E-state index in [1.165, 1.54) is 35.6 Å². The van der Waals surface area contributed by atoms with E-state index in [4.69, 9.17) is 0 Å². The van der Waals surface area contributed by atoms with Gasteiger partial charge in [-0.15, -0.1) is 11.3 Å². The molecule has 0 fully saturated rings. The van der Waals surface area contributed by atoms with E-state index in [0.29, 0.717) is 21.1 Å². The SMILES string of the molecule is CC(Sc1nc2scc(-c3ccccc3)c2c(=O)[nH]1)C(=O)Nc1ccc(F)cc1. The minimum Gasteiger partial charge on any atom is -0.325 e. The smallest absolute Gasteiger partial charge is 0.260 e. The number of H-pyrrole nitrogens is 1. The molecular weight excluding hydrogens is 409 g/mol. The molecule has 2 heterocycles. The Bertz CT molecular complexity index is 1220. The quantitative estimate of drug-likeness (QED) is 0.352. The van der Waals surface area contributed by atoms with Crippen molar-refractivity contribution in [1.29, 1.82) is 0 Å². The zero-order valence-corrected chi connectivity index (χ0v) is 16.9. The zero-order chi connectivity index (χ0) is 20.4. The van der Waals surface area contributed by atoms with Gasteiger partial charge in [0.2, 0.25) is 5.91 Å². The fourth-order valence-corrected chi connectivity index (χ4v) is 4.62. The largest absolute Gasteiger partial charge is 0.325 e. The molecule has 0 aliphatic carbocycles. The Balaban J connectivity index is 1.54. The van der Waals surface area contributed by atoms with Gasteiger partial charge in [0.05, 0.1) is 10.6 Å². The lowest BCUT2D eigenvalue weighted by molar-refractivity contribution is -0.115. The number of fused-ring (bicyclic) bond motifs is 1. The van der Waals surface area contributed by atoms with Crippen LogP contribution in [0.2, 0.25) is 0 Å². The van der Waals surface area contributed by atoms with Crippen LogP contribution in [0.25, 0.3) is 21.3 Å². The summed E-state index contributed by atoms with van der Waals surface area (Å²) in [7, 11) is 0. The number of hydrogen-bond donors (Lipinski definition) is 2. The maximum atomic E-state index is 13.0. The summed E-state index contributed by atoms with van der Waals surface area (Å²) in [5.41, 5.74) is 2.08. The van der Waals surface area contributed by atoms with Crippen LogP contribution >= 0.6 is 23.1 Å². The van der Waals surface area contributed by atoms with E-state index in [1.54, 1.807) is 6.92 Å². The Morgan fingerprint density at radius 1 is 1.17 bits per heavy atom. The normalized spacial score (nSPS) is 12.1. The van der Waals surface area contributed by atoms with Gasteiger partial charge in [-0.1, -0.05) is 42.1 Å². The molecule has 146 valence electrons. The van der Waals surface area contributed by atoms with E-state index < -0.39 is 5.25 Å². The van der Waals surface area contributed by atoms with Crippen molar-refractivity contribution in [2.24, 2.45) is 0 Å². The van der Waals surface area contributed by atoms with E-state index >= 15 is 0 Å². The van der Waals surface area contributed by atoms with Crippen LogP contribution in [0, 0.1) is 5.82 Å². The minimum absolute atomic E-state index is 0.233. The van der Waals surface area contributed by atoms with Gasteiger partial charge in [-0.25, -0.2) is 9.37 Å². The number of amides is 1. The van der Waals surface area contributed by atoms with Gasteiger partial charge in [-0.2, -0.15) is 0 Å². The molecule has 0 bridgehead atoms. The maximum absolute atomic E-state index is 13.0. The molecule has 0 radical (unpaired) electrons. The minimum atomic E-state index is -0.505. The fourth-order valence-electron chi connectivity index (χ4n) is 2.81. The molecule has 2 aromatic carbocycles. The number of rotatable bonds is 5. The van der Waals surface area contributed by atoms with Crippen LogP contribution in [0.3, 0.4) is 0 Å². The molecule has 5 nitrogen and oxygen atoms in total. The van der Waals surface area contributed by atoms with Crippen LogP contribution in [-0.2, 0) is 4.79 Å². The molecular formula is C21H16FN3O2S2. The molecule has 2 N–H and O–H groups in total. The van der Waals surface area contributed by atoms with Gasteiger partial charge < -0.3 is 10.3 Å². The van der Waals surface area contributed by atoms with E-state index in [-0.39, 0.29) is 17.3 Å². The first kappa shape index (κ1) is 19.4. The number of nitrogens with zero attached hydrogens (tertiary/aromatic N) is 1. The topological polar surface area (TPSA) is 74.8 Å². The van der Waals surface area contributed by atoms with Gasteiger partial charge in [-0.05, 0) is 36.8 Å². The van der Waals surface area contributed by atoms with Crippen LogP contribution in [-0.4, -0.2) is 21.1 Å². The number of benzene rings is 2. The molecule has 0 spiro atoms. The second kappa shape index (κ2) is 8.18. The molecule has 0 saturated carbocycles. The Hall–Kier alpha value is -2.97. The fraction of sp³-hybridized carbons (Fsp3) is 0.0952. The van der Waals surface area contributed by atoms with Crippen molar-refractivity contribution in [3.8, 4) is 11.1 Å². The van der Waals surface area contributed by atoms with Gasteiger partial charge in [0.1, 0.15) is 10.6 Å². The second-order valence-corrected chi connectivity index (χ2v) is 8.51. The van der Waals surface area contributed by atoms with Crippen molar-refractivity contribution in [2.75, 3.05) is 5.32 Å². The zero-order valence-electron chi connectivity index (χ0n) is 15.3. The summed E-state index contributed by atoms with van der Waals surface area (Å²) < 4.78 is 13.0. The number of carbonyl (C=O) groups excluding carboxylic acids is 1. The Labute approximate surface area is 174 Å². The first-order chi connectivity index (χ1) is 14.0. The molecule has 0 saturated heterocycles. The number of thiophene rings is 1. The number of aromatic amines is 1. The number of thioether (sulfide) groups is 1. The third-order valence-electron chi connectivity index (χ3n) is 4.28. The van der Waals surface area contributed by atoms with Crippen LogP contribution in [0.15, 0.2) is 69.9 Å². The molecule has 4 rings (SSSR count). The molecule has 1 amide bonds. The number of aromatic nitrogens is 2. The van der Waals surface area contributed by atoms with Crippen LogP contribution in [0.5, 0.6) is 0 Å². The van der Waals surface area contributed by atoms with Crippen LogP contribution < -0.4 is 10.9 Å². The highest BCUT2D eigenvalue weighted by Crippen LogP contribution is 2.32. The number of halogens is 1. The van der Waals surface area contributed by atoms with Crippen molar-refractivity contribution in [1.82, 2.24) is 9.97 Å². The first-order valence-electron chi connectivity index (χ1n) is 8.81. The maximum Gasteiger partial charge on any atom is 0.260 e. The lowest BCUT2D eigenvalue weighted by Crippen LogP contribution is -2.23. The molecule has 0 aliphatic heterocycles. The Morgan fingerprint density at radius 3 is 2.62 bits per heavy atom. The summed E-state index contributed by atoms with van der Waals surface area (Å²) >= 11 is 2.56. The third-order valence-corrected chi connectivity index (χ3v) is 6.13. The summed E-state index contributed by atoms with van der Waals surface area (Å²) in [6.07, 6.45) is 0. The standard InChI is InChI=1S/C21H16FN3O2S2/c1-12(18(26)23-15-9-7-14(22)8-10-15)29-21-24-19(27)17-16(11-28-20(17)25-21)13-5-3-2-4-6-13/h2-12H,1H3,(H,23,26)(H,24,25,27). The highest BCUT2D eigenvalue weighted by Gasteiger charge is 2.18. The van der Waals surface area contributed by atoms with Crippen LogP contribution in [0.4, 0.5) is 10.1 Å². The Kier molecular flexibility index (Phi) is 5.46. The lowest BCUT2D eigenvalue weighted by atomic mass is 10.1. The monoisotopic (exact) mass is 425 g/mol. The number of carbonyl (C=O) groups is 1. The van der Waals surface area contributed by atoms with Crippen molar-refractivity contribution in [3.05, 3.63) is 76.1 Å². The van der Waals surface area contributed by atoms with Crippen molar-refractivity contribution < 1.29 is 9.18 Å². The summed E-state index contributed by atoms with van der Waals surface area (Å²) in [5.74, 6) is -0.633. The van der Waals surface area contributed by atoms with Crippen LogP contribution in [0.1, 0.15) is 6.92 Å². The lowest BCUT2D eigenvalue weighted by Gasteiger charge is -2.11. The van der Waals surface area contributed by atoms with E-state index in [2.05, 4.69) is 15.3 Å². The number of hydrogen-bond acceptors (Lipinski definition) is 5. The van der Waals surface area contributed by atoms with Gasteiger partial charge in [0, 0.05) is 16.6 Å². The van der Waals surface area contributed by atoms with E-state index in [1.807, 2.05) is 35.7 Å². The van der Waals surface area contributed by atoms with Gasteiger partial charge in [-0.3, -0.25) is 9.59 Å². The van der Waals surface area contributed by atoms with Crippen molar-refractivity contribution >= 4 is 44.9 Å². The molecule has 0 aliphatic rings. The summed E-state index contributed by atoms with van der Waals surface area (Å²) in [6.45, 7) is 1.72. The van der Waals surface area contributed by atoms with Gasteiger partial charge in [0.25, 0.3) is 5.56 Å². The molecule has 8 heteroatoms. The van der Waals surface area contributed by atoms with Crippen molar-refractivity contribution in [3.63, 3.8) is 0 Å². The van der Waals surface area contributed by atoms with E-state index in [9.17, 15) is 14.0 Å². The second-order valence-electron chi connectivity index (χ2n) is 6.32. The molecule has 4 aromatic rings. The molecule has 1 unspecified atom stereocenters. The molecule has 1 atom stereocenters. The average molecular weight is 426 g/mol. The Morgan fingerprint density at radius 2 is 1.90 bits per heavy atom. The summed E-state index contributed by atoms with van der Waals surface area (Å²) in [4.78, 5) is 33.0. The highest BCUT2D eigenvalue weighted by atomic mass is 32.2. The summed E-state index contributed by atoms with van der Waals surface area (Å²) in [5, 5.41) is 5.07.